The van der Waals surface area contributed by atoms with Gasteiger partial charge in [-0.05, 0) is 79.3 Å². The van der Waals surface area contributed by atoms with Crippen LogP contribution in [0.4, 0.5) is 5.69 Å². The highest BCUT2D eigenvalue weighted by molar-refractivity contribution is 7.80. The number of amides is 1. The Morgan fingerprint density at radius 2 is 1.79 bits per heavy atom. The normalized spacial score (nSPS) is 16.8. The molecule has 1 fully saturated rings. The molecule has 1 aliphatic heterocycles. The van der Waals surface area contributed by atoms with E-state index in [1.807, 2.05) is 77.2 Å². The number of thiocarbonyl (C=S) groups is 1. The maximum absolute atomic E-state index is 12.9. The molecule has 0 saturated carbocycles. The molecule has 38 heavy (non-hydrogen) atoms. The van der Waals surface area contributed by atoms with Crippen LogP contribution < -0.4 is 10.6 Å². The van der Waals surface area contributed by atoms with Crippen LogP contribution in [-0.2, 0) is 4.79 Å². The molecule has 1 amide bonds. The molecule has 1 aliphatic rings. The van der Waals surface area contributed by atoms with Gasteiger partial charge in [-0.25, -0.2) is 4.79 Å². The van der Waals surface area contributed by atoms with Gasteiger partial charge in [0.2, 0.25) is 5.91 Å². The number of aromatic nitrogens is 2. The number of carbonyl (C=O) groups is 2. The molecule has 1 saturated heterocycles. The summed E-state index contributed by atoms with van der Waals surface area (Å²) in [7, 11) is 0. The van der Waals surface area contributed by atoms with Crippen LogP contribution in [0.25, 0.3) is 5.69 Å². The molecular formula is C29H27N5O3S. The van der Waals surface area contributed by atoms with E-state index in [9.17, 15) is 14.7 Å². The fraction of sp³-hybridized carbons (Fsp3) is 0.172. The number of para-hydroxylation sites is 1. The van der Waals surface area contributed by atoms with E-state index in [0.29, 0.717) is 11.7 Å². The first-order valence-electron chi connectivity index (χ1n) is 12.3. The standard InChI is InChI=1S/C29H27N5O3S/c1-19-7-2-3-8-22(19)31-25(35)15-18-34-27(26(32-29(34)38)23-9-4-5-16-30-23)24-10-6-17-33(24)21-13-11-20(12-14-21)28(36)37/h2-14,16-17,26-27H,15,18H2,1H3,(H,31,35)(H,32,38)(H,36,37). The molecule has 2 aromatic heterocycles. The number of carboxylic acid groups (broad SMARTS) is 1. The maximum Gasteiger partial charge on any atom is 0.335 e. The molecule has 2 aromatic carbocycles. The van der Waals surface area contributed by atoms with Crippen molar-refractivity contribution >= 4 is 34.9 Å². The summed E-state index contributed by atoms with van der Waals surface area (Å²) < 4.78 is 2.02. The number of benzene rings is 2. The Hall–Kier alpha value is -4.50. The number of nitrogens with zero attached hydrogens (tertiary/aromatic N) is 3. The summed E-state index contributed by atoms with van der Waals surface area (Å²) in [5.41, 5.74) is 4.61. The van der Waals surface area contributed by atoms with Crippen molar-refractivity contribution in [3.63, 3.8) is 0 Å². The van der Waals surface area contributed by atoms with Crippen molar-refractivity contribution in [2.24, 2.45) is 0 Å². The van der Waals surface area contributed by atoms with Crippen LogP contribution in [0.2, 0.25) is 0 Å². The number of hydrogen-bond acceptors (Lipinski definition) is 4. The fourth-order valence-corrected chi connectivity index (χ4v) is 5.08. The van der Waals surface area contributed by atoms with Gasteiger partial charge in [-0.2, -0.15) is 0 Å². The molecule has 8 nitrogen and oxygen atoms in total. The van der Waals surface area contributed by atoms with E-state index in [1.165, 1.54) is 0 Å². The molecule has 0 aliphatic carbocycles. The van der Waals surface area contributed by atoms with Crippen LogP contribution >= 0.6 is 12.2 Å². The molecule has 0 spiro atoms. The molecule has 0 radical (unpaired) electrons. The van der Waals surface area contributed by atoms with Crippen molar-refractivity contribution in [1.29, 1.82) is 0 Å². The largest absolute Gasteiger partial charge is 0.478 e. The first-order chi connectivity index (χ1) is 18.4. The SMILES string of the molecule is Cc1ccccc1NC(=O)CCN1C(=S)NC(c2ccccn2)C1c1cccn1-c1ccc(C(=O)O)cc1. The molecule has 2 atom stereocenters. The van der Waals surface area contributed by atoms with Crippen molar-refractivity contribution in [1.82, 2.24) is 19.8 Å². The molecular weight excluding hydrogens is 498 g/mol. The minimum Gasteiger partial charge on any atom is -0.478 e. The third-order valence-electron chi connectivity index (χ3n) is 6.67. The van der Waals surface area contributed by atoms with Crippen molar-refractivity contribution < 1.29 is 14.7 Å². The Labute approximate surface area is 225 Å². The number of hydrogen-bond donors (Lipinski definition) is 3. The molecule has 4 aromatic rings. The number of rotatable bonds is 8. The van der Waals surface area contributed by atoms with E-state index in [2.05, 4.69) is 15.6 Å². The Morgan fingerprint density at radius 1 is 1.03 bits per heavy atom. The van der Waals surface area contributed by atoms with Crippen molar-refractivity contribution in [2.75, 3.05) is 11.9 Å². The highest BCUT2D eigenvalue weighted by atomic mass is 32.1. The van der Waals surface area contributed by atoms with Gasteiger partial charge in [0, 0.05) is 42.4 Å². The summed E-state index contributed by atoms with van der Waals surface area (Å²) >= 11 is 5.76. The van der Waals surface area contributed by atoms with Gasteiger partial charge in [0.15, 0.2) is 5.11 Å². The molecule has 5 rings (SSSR count). The van der Waals surface area contributed by atoms with Crippen LogP contribution in [0, 0.1) is 6.92 Å². The summed E-state index contributed by atoms with van der Waals surface area (Å²) in [5, 5.41) is 16.3. The summed E-state index contributed by atoms with van der Waals surface area (Å²) in [6.07, 6.45) is 3.93. The molecule has 3 heterocycles. The van der Waals surface area contributed by atoms with E-state index in [-0.39, 0.29) is 30.0 Å². The second-order valence-electron chi connectivity index (χ2n) is 9.09. The topological polar surface area (TPSA) is 99.5 Å². The summed E-state index contributed by atoms with van der Waals surface area (Å²) in [6.45, 7) is 2.36. The lowest BCUT2D eigenvalue weighted by molar-refractivity contribution is -0.116. The van der Waals surface area contributed by atoms with Gasteiger partial charge in [-0.15, -0.1) is 0 Å². The van der Waals surface area contributed by atoms with Gasteiger partial charge in [-0.1, -0.05) is 24.3 Å². The molecule has 192 valence electrons. The smallest absolute Gasteiger partial charge is 0.335 e. The minimum absolute atomic E-state index is 0.0956. The molecule has 2 unspecified atom stereocenters. The van der Waals surface area contributed by atoms with Gasteiger partial charge in [0.25, 0.3) is 0 Å². The van der Waals surface area contributed by atoms with Crippen LogP contribution in [0.15, 0.2) is 91.3 Å². The number of carbonyl (C=O) groups excluding carboxylic acids is 1. The van der Waals surface area contributed by atoms with Crippen LogP contribution in [0.1, 0.15) is 45.8 Å². The maximum atomic E-state index is 12.9. The van der Waals surface area contributed by atoms with Crippen LogP contribution in [-0.4, -0.2) is 43.1 Å². The Balaban J connectivity index is 1.45. The van der Waals surface area contributed by atoms with E-state index in [1.54, 1.807) is 30.5 Å². The first-order valence-corrected chi connectivity index (χ1v) is 12.7. The predicted octanol–water partition coefficient (Wildman–Crippen LogP) is 4.88. The quantitative estimate of drug-likeness (QED) is 0.282. The highest BCUT2D eigenvalue weighted by Gasteiger charge is 2.41. The second-order valence-corrected chi connectivity index (χ2v) is 9.47. The van der Waals surface area contributed by atoms with Gasteiger partial charge < -0.3 is 25.2 Å². The lowest BCUT2D eigenvalue weighted by atomic mass is 10.0. The van der Waals surface area contributed by atoms with E-state index < -0.39 is 5.97 Å². The monoisotopic (exact) mass is 525 g/mol. The Bertz CT molecular complexity index is 1470. The van der Waals surface area contributed by atoms with Gasteiger partial charge >= 0.3 is 5.97 Å². The fourth-order valence-electron chi connectivity index (χ4n) is 4.75. The number of aryl methyl sites for hydroxylation is 1. The molecule has 9 heteroatoms. The van der Waals surface area contributed by atoms with Gasteiger partial charge in [0.1, 0.15) is 0 Å². The lowest BCUT2D eigenvalue weighted by Gasteiger charge is -2.29. The molecule has 0 bridgehead atoms. The third kappa shape index (κ3) is 5.14. The average Bonchev–Trinajstić information content (AvgIpc) is 3.53. The second kappa shape index (κ2) is 10.9. The highest BCUT2D eigenvalue weighted by Crippen LogP contribution is 2.39. The van der Waals surface area contributed by atoms with Crippen LogP contribution in [0.5, 0.6) is 0 Å². The van der Waals surface area contributed by atoms with Crippen molar-refractivity contribution in [3.8, 4) is 5.69 Å². The lowest BCUT2D eigenvalue weighted by Crippen LogP contribution is -2.33. The van der Waals surface area contributed by atoms with Gasteiger partial charge in [0.05, 0.1) is 23.3 Å². The number of pyridine rings is 1. The minimum atomic E-state index is -0.972. The number of anilines is 1. The number of carboxylic acids is 1. The zero-order valence-electron chi connectivity index (χ0n) is 20.7. The summed E-state index contributed by atoms with van der Waals surface area (Å²) in [5.74, 6) is -1.07. The van der Waals surface area contributed by atoms with E-state index >= 15 is 0 Å². The predicted molar refractivity (Wildman–Crippen MR) is 149 cm³/mol. The summed E-state index contributed by atoms with van der Waals surface area (Å²) in [6, 6.07) is 23.6. The van der Waals surface area contributed by atoms with Crippen LogP contribution in [0.3, 0.4) is 0 Å². The van der Waals surface area contributed by atoms with E-state index in [4.69, 9.17) is 12.2 Å². The van der Waals surface area contributed by atoms with Gasteiger partial charge in [-0.3, -0.25) is 9.78 Å². The molecule has 3 N–H and O–H groups in total. The Morgan fingerprint density at radius 3 is 2.50 bits per heavy atom. The Kier molecular flexibility index (Phi) is 7.19. The zero-order chi connectivity index (χ0) is 26.6. The zero-order valence-corrected chi connectivity index (χ0v) is 21.6. The average molecular weight is 526 g/mol. The summed E-state index contributed by atoms with van der Waals surface area (Å²) in [4.78, 5) is 30.8. The number of nitrogens with one attached hydrogen (secondary N) is 2. The first kappa shape index (κ1) is 25.2. The number of aromatic carboxylic acids is 1. The third-order valence-corrected chi connectivity index (χ3v) is 7.02. The van der Waals surface area contributed by atoms with Crippen molar-refractivity contribution in [2.45, 2.75) is 25.4 Å². The van der Waals surface area contributed by atoms with Crippen molar-refractivity contribution in [3.05, 3.63) is 114 Å². The van der Waals surface area contributed by atoms with E-state index in [0.717, 1.165) is 28.3 Å².